The van der Waals surface area contributed by atoms with Gasteiger partial charge >= 0.3 is 5.97 Å². The molecule has 9 nitrogen and oxygen atoms in total. The summed E-state index contributed by atoms with van der Waals surface area (Å²) in [5.41, 5.74) is 0.676. The number of halogens is 2. The Labute approximate surface area is 175 Å². The van der Waals surface area contributed by atoms with Crippen molar-refractivity contribution in [2.45, 2.75) is 31.9 Å². The number of carbonyl (C=O) groups is 2. The summed E-state index contributed by atoms with van der Waals surface area (Å²) < 4.78 is 18.3. The number of piperidine rings is 1. The van der Waals surface area contributed by atoms with Crippen LogP contribution >= 0.6 is 22.9 Å². The first-order chi connectivity index (χ1) is 13.9. The quantitative estimate of drug-likeness (QED) is 0.569. The molecule has 0 saturated carbocycles. The first-order valence-electron chi connectivity index (χ1n) is 9.09. The molecular weight excluding hydrogens is 425 g/mol. The van der Waals surface area contributed by atoms with Crippen LogP contribution in [0.1, 0.15) is 39.3 Å². The van der Waals surface area contributed by atoms with E-state index in [4.69, 9.17) is 21.4 Å². The molecule has 0 unspecified atom stereocenters. The number of hydrogen-bond acceptors (Lipinski definition) is 7. The number of carboxylic acids is 1. The number of imidazole rings is 1. The second kappa shape index (κ2) is 9.51. The molecule has 1 fully saturated rings. The van der Waals surface area contributed by atoms with Crippen LogP contribution in [0, 0.1) is 0 Å². The summed E-state index contributed by atoms with van der Waals surface area (Å²) in [5.74, 6) is -1.34. The van der Waals surface area contributed by atoms with E-state index in [0.717, 1.165) is 11.3 Å². The Bertz CT molecular complexity index is 876. The van der Waals surface area contributed by atoms with E-state index >= 15 is 0 Å². The SMILES string of the molecule is CCc1[nH]c(C(=O)N[C@H]2CCN(c3ncc(C(=O)O)s3)C[C@H]2OCCF)nc1Cl. The zero-order chi connectivity index (χ0) is 21.0. The van der Waals surface area contributed by atoms with Crippen molar-refractivity contribution < 1.29 is 23.8 Å². The molecule has 0 bridgehead atoms. The number of ether oxygens (including phenoxy) is 1. The fourth-order valence-electron chi connectivity index (χ4n) is 3.10. The summed E-state index contributed by atoms with van der Waals surface area (Å²) >= 11 is 7.06. The van der Waals surface area contributed by atoms with E-state index in [9.17, 15) is 14.0 Å². The van der Waals surface area contributed by atoms with Crippen LogP contribution in [0.15, 0.2) is 6.20 Å². The number of hydrogen-bond donors (Lipinski definition) is 3. The fraction of sp³-hybridized carbons (Fsp3) is 0.529. The summed E-state index contributed by atoms with van der Waals surface area (Å²) in [6.07, 6.45) is 1.95. The van der Waals surface area contributed by atoms with Crippen LogP contribution in [-0.4, -0.2) is 70.5 Å². The highest BCUT2D eigenvalue weighted by molar-refractivity contribution is 7.17. The number of H-pyrrole nitrogens is 1. The number of alkyl halides is 1. The molecule has 1 aliphatic rings. The van der Waals surface area contributed by atoms with Crippen molar-refractivity contribution in [1.82, 2.24) is 20.3 Å². The lowest BCUT2D eigenvalue weighted by Crippen LogP contribution is -2.55. The van der Waals surface area contributed by atoms with Gasteiger partial charge in [-0.15, -0.1) is 0 Å². The molecule has 3 heterocycles. The lowest BCUT2D eigenvalue weighted by Gasteiger charge is -2.38. The Balaban J connectivity index is 1.69. The fourth-order valence-corrected chi connectivity index (χ4v) is 4.15. The third kappa shape index (κ3) is 5.03. The minimum atomic E-state index is -1.04. The minimum Gasteiger partial charge on any atom is -0.477 e. The zero-order valence-corrected chi connectivity index (χ0v) is 17.2. The van der Waals surface area contributed by atoms with Crippen LogP contribution in [-0.2, 0) is 11.2 Å². The van der Waals surface area contributed by atoms with Crippen molar-refractivity contribution in [2.75, 3.05) is 31.3 Å². The van der Waals surface area contributed by atoms with E-state index in [2.05, 4.69) is 20.3 Å². The largest absolute Gasteiger partial charge is 0.477 e. The number of nitrogens with zero attached hydrogens (tertiary/aromatic N) is 3. The maximum Gasteiger partial charge on any atom is 0.347 e. The highest BCUT2D eigenvalue weighted by atomic mass is 35.5. The zero-order valence-electron chi connectivity index (χ0n) is 15.7. The van der Waals surface area contributed by atoms with Crippen LogP contribution < -0.4 is 10.2 Å². The predicted octanol–water partition coefficient (Wildman–Crippen LogP) is 2.14. The van der Waals surface area contributed by atoms with E-state index in [1.54, 1.807) is 0 Å². The topological polar surface area (TPSA) is 120 Å². The van der Waals surface area contributed by atoms with Gasteiger partial charge in [0.15, 0.2) is 16.1 Å². The van der Waals surface area contributed by atoms with Gasteiger partial charge < -0.3 is 25.0 Å². The average molecular weight is 446 g/mol. The number of aromatic carboxylic acids is 1. The normalized spacial score (nSPS) is 19.3. The second-order valence-electron chi connectivity index (χ2n) is 6.43. The molecule has 3 rings (SSSR count). The van der Waals surface area contributed by atoms with Crippen molar-refractivity contribution in [2.24, 2.45) is 0 Å². The van der Waals surface area contributed by atoms with Crippen molar-refractivity contribution in [1.29, 1.82) is 0 Å². The first kappa shape index (κ1) is 21.5. The number of amides is 1. The third-order valence-electron chi connectivity index (χ3n) is 4.56. The maximum absolute atomic E-state index is 12.7. The number of carbonyl (C=O) groups excluding carboxylic acids is 1. The van der Waals surface area contributed by atoms with Gasteiger partial charge in [0.25, 0.3) is 5.91 Å². The molecular formula is C17H21ClFN5O4S. The molecule has 3 N–H and O–H groups in total. The van der Waals surface area contributed by atoms with Crippen LogP contribution in [0.4, 0.5) is 9.52 Å². The highest BCUT2D eigenvalue weighted by Crippen LogP contribution is 2.27. The van der Waals surface area contributed by atoms with Gasteiger partial charge in [-0.1, -0.05) is 29.9 Å². The lowest BCUT2D eigenvalue weighted by molar-refractivity contribution is 0.0140. The van der Waals surface area contributed by atoms with Gasteiger partial charge in [-0.25, -0.2) is 19.2 Å². The molecule has 1 aliphatic heterocycles. The van der Waals surface area contributed by atoms with Gasteiger partial charge in [0.1, 0.15) is 11.6 Å². The number of thiazole rings is 1. The van der Waals surface area contributed by atoms with Crippen LogP contribution in [0.3, 0.4) is 0 Å². The van der Waals surface area contributed by atoms with Gasteiger partial charge in [-0.05, 0) is 12.8 Å². The van der Waals surface area contributed by atoms with E-state index in [-0.39, 0.29) is 28.5 Å². The van der Waals surface area contributed by atoms with Gasteiger partial charge in [0, 0.05) is 13.1 Å². The number of carboxylic acid groups (broad SMARTS) is 1. The van der Waals surface area contributed by atoms with Gasteiger partial charge in [-0.2, -0.15) is 0 Å². The number of nitrogens with one attached hydrogen (secondary N) is 2. The molecule has 29 heavy (non-hydrogen) atoms. The first-order valence-corrected chi connectivity index (χ1v) is 10.3. The predicted molar refractivity (Wildman–Crippen MR) is 106 cm³/mol. The molecule has 2 aromatic heterocycles. The van der Waals surface area contributed by atoms with E-state index in [0.29, 0.717) is 36.8 Å². The average Bonchev–Trinajstić information content (AvgIpc) is 3.34. The summed E-state index contributed by atoms with van der Waals surface area (Å²) in [5, 5.41) is 12.8. The smallest absolute Gasteiger partial charge is 0.347 e. The Kier molecular flexibility index (Phi) is 7.04. The van der Waals surface area contributed by atoms with E-state index in [1.807, 2.05) is 11.8 Å². The van der Waals surface area contributed by atoms with Crippen LogP contribution in [0.2, 0.25) is 5.15 Å². The van der Waals surface area contributed by atoms with Crippen LogP contribution in [0.25, 0.3) is 0 Å². The molecule has 12 heteroatoms. The van der Waals surface area contributed by atoms with Gasteiger partial charge in [0.05, 0.1) is 30.6 Å². The number of aryl methyl sites for hydroxylation is 1. The number of rotatable bonds is 8. The number of aromatic amines is 1. The number of anilines is 1. The van der Waals surface area contributed by atoms with Crippen molar-refractivity contribution in [3.05, 3.63) is 27.7 Å². The highest BCUT2D eigenvalue weighted by Gasteiger charge is 2.33. The molecule has 2 atom stereocenters. The Hall–Kier alpha value is -2.24. The van der Waals surface area contributed by atoms with Crippen molar-refractivity contribution in [3.63, 3.8) is 0 Å². The summed E-state index contributed by atoms with van der Waals surface area (Å²) in [6, 6.07) is -0.363. The Morgan fingerprint density at radius 1 is 1.55 bits per heavy atom. The van der Waals surface area contributed by atoms with Crippen molar-refractivity contribution in [3.8, 4) is 0 Å². The summed E-state index contributed by atoms with van der Waals surface area (Å²) in [6.45, 7) is 2.02. The van der Waals surface area contributed by atoms with Crippen molar-refractivity contribution >= 4 is 39.9 Å². The Morgan fingerprint density at radius 2 is 2.34 bits per heavy atom. The minimum absolute atomic E-state index is 0.102. The number of aromatic nitrogens is 3. The maximum atomic E-state index is 12.7. The van der Waals surface area contributed by atoms with E-state index in [1.165, 1.54) is 6.20 Å². The molecule has 158 valence electrons. The monoisotopic (exact) mass is 445 g/mol. The van der Waals surface area contributed by atoms with E-state index < -0.39 is 24.7 Å². The third-order valence-corrected chi connectivity index (χ3v) is 5.92. The van der Waals surface area contributed by atoms with Gasteiger partial charge in [0.2, 0.25) is 0 Å². The molecule has 1 amide bonds. The molecule has 0 radical (unpaired) electrons. The molecule has 1 saturated heterocycles. The second-order valence-corrected chi connectivity index (χ2v) is 7.80. The summed E-state index contributed by atoms with van der Waals surface area (Å²) in [7, 11) is 0. The molecule has 0 aliphatic carbocycles. The lowest BCUT2D eigenvalue weighted by atomic mass is 10.0. The van der Waals surface area contributed by atoms with Crippen LogP contribution in [0.5, 0.6) is 0 Å². The Morgan fingerprint density at radius 3 is 2.97 bits per heavy atom. The molecule has 0 spiro atoms. The summed E-state index contributed by atoms with van der Waals surface area (Å²) in [4.78, 5) is 36.7. The molecule has 2 aromatic rings. The standard InChI is InChI=1S/C17H21ClFN5O4S/c1-2-9-13(18)23-14(21-9)15(25)22-10-3-5-24(8-11(10)28-6-4-19)17-20-7-12(29-17)16(26)27/h7,10-11H,2-6,8H2,1H3,(H,21,23)(H,22,25)(H,26,27)/t10-,11+/m0/s1. The molecule has 0 aromatic carbocycles. The van der Waals surface area contributed by atoms with Gasteiger partial charge in [-0.3, -0.25) is 4.79 Å².